The Kier molecular flexibility index (Phi) is 6.65. The normalized spacial score (nSPS) is 10.7. The van der Waals surface area contributed by atoms with Crippen molar-refractivity contribution in [3.05, 3.63) is 99.0 Å². The number of amides is 1. The molecular weight excluding hydrogens is 411 g/mol. The second-order valence-corrected chi connectivity index (χ2v) is 6.96. The summed E-state index contributed by atoms with van der Waals surface area (Å²) in [6.07, 6.45) is 1.39. The maximum atomic E-state index is 12.4. The standard InChI is InChI=1S/C22H16Cl2N2O3/c1-14-5-4-7-15(11-14)22(28)29-20-8-3-2-6-16(20)13-25-26-21(27)18-10-9-17(23)12-19(18)24/h2-13H,1H3,(H,26,27)/b25-13+. The van der Waals surface area contributed by atoms with Gasteiger partial charge in [-0.15, -0.1) is 0 Å². The van der Waals surface area contributed by atoms with E-state index >= 15 is 0 Å². The van der Waals surface area contributed by atoms with E-state index in [1.54, 1.807) is 48.5 Å². The molecule has 0 aliphatic carbocycles. The first-order valence-corrected chi connectivity index (χ1v) is 9.36. The van der Waals surface area contributed by atoms with E-state index in [1.807, 2.05) is 13.0 Å². The quantitative estimate of drug-likeness (QED) is 0.261. The third-order valence-corrected chi connectivity index (χ3v) is 4.47. The van der Waals surface area contributed by atoms with Crippen LogP contribution in [0.3, 0.4) is 0 Å². The van der Waals surface area contributed by atoms with Gasteiger partial charge in [0.1, 0.15) is 5.75 Å². The number of rotatable bonds is 5. The van der Waals surface area contributed by atoms with Crippen molar-refractivity contribution in [2.45, 2.75) is 6.92 Å². The molecule has 5 nitrogen and oxygen atoms in total. The van der Waals surface area contributed by atoms with Crippen molar-refractivity contribution in [2.75, 3.05) is 0 Å². The summed E-state index contributed by atoms with van der Waals surface area (Å²) in [6, 6.07) is 18.5. The molecule has 29 heavy (non-hydrogen) atoms. The fraction of sp³-hybridized carbons (Fsp3) is 0.0455. The molecule has 3 aromatic rings. The predicted molar refractivity (Wildman–Crippen MR) is 114 cm³/mol. The van der Waals surface area contributed by atoms with Crippen LogP contribution in [0.4, 0.5) is 0 Å². The lowest BCUT2D eigenvalue weighted by atomic mass is 10.1. The van der Waals surface area contributed by atoms with E-state index in [0.29, 0.717) is 21.9 Å². The van der Waals surface area contributed by atoms with Gasteiger partial charge in [0.25, 0.3) is 5.91 Å². The molecule has 3 aromatic carbocycles. The SMILES string of the molecule is Cc1cccc(C(=O)Oc2ccccc2/C=N/NC(=O)c2ccc(Cl)cc2Cl)c1. The molecular formula is C22H16Cl2N2O3. The van der Waals surface area contributed by atoms with Crippen molar-refractivity contribution < 1.29 is 14.3 Å². The van der Waals surface area contributed by atoms with Gasteiger partial charge in [-0.3, -0.25) is 4.79 Å². The van der Waals surface area contributed by atoms with E-state index < -0.39 is 11.9 Å². The number of ether oxygens (including phenoxy) is 1. The molecule has 1 amide bonds. The van der Waals surface area contributed by atoms with Crippen molar-refractivity contribution in [1.29, 1.82) is 0 Å². The molecule has 0 saturated heterocycles. The molecule has 7 heteroatoms. The summed E-state index contributed by atoms with van der Waals surface area (Å²) in [7, 11) is 0. The lowest BCUT2D eigenvalue weighted by Crippen LogP contribution is -2.18. The Balaban J connectivity index is 1.71. The molecule has 0 radical (unpaired) electrons. The fourth-order valence-electron chi connectivity index (χ4n) is 2.51. The van der Waals surface area contributed by atoms with Gasteiger partial charge in [-0.25, -0.2) is 10.2 Å². The van der Waals surface area contributed by atoms with Gasteiger partial charge in [0, 0.05) is 10.6 Å². The van der Waals surface area contributed by atoms with E-state index in [4.69, 9.17) is 27.9 Å². The van der Waals surface area contributed by atoms with Gasteiger partial charge < -0.3 is 4.74 Å². The van der Waals surface area contributed by atoms with Gasteiger partial charge in [-0.2, -0.15) is 5.10 Å². The highest BCUT2D eigenvalue weighted by Gasteiger charge is 2.12. The van der Waals surface area contributed by atoms with Crippen LogP contribution in [0.1, 0.15) is 31.8 Å². The van der Waals surface area contributed by atoms with Crippen LogP contribution in [0, 0.1) is 6.92 Å². The highest BCUT2D eigenvalue weighted by atomic mass is 35.5. The number of hydrazone groups is 1. The lowest BCUT2D eigenvalue weighted by molar-refractivity contribution is 0.0734. The van der Waals surface area contributed by atoms with Gasteiger partial charge >= 0.3 is 5.97 Å². The second kappa shape index (κ2) is 9.37. The maximum Gasteiger partial charge on any atom is 0.343 e. The first-order chi connectivity index (χ1) is 13.9. The van der Waals surface area contributed by atoms with Crippen molar-refractivity contribution in [3.8, 4) is 5.75 Å². The average Bonchev–Trinajstić information content (AvgIpc) is 2.69. The Hall–Kier alpha value is -3.15. The Morgan fingerprint density at radius 3 is 2.55 bits per heavy atom. The zero-order valence-corrected chi connectivity index (χ0v) is 16.9. The van der Waals surface area contributed by atoms with Crippen molar-refractivity contribution in [1.82, 2.24) is 5.43 Å². The first-order valence-electron chi connectivity index (χ1n) is 8.60. The summed E-state index contributed by atoms with van der Waals surface area (Å²) in [4.78, 5) is 24.6. The summed E-state index contributed by atoms with van der Waals surface area (Å²) < 4.78 is 5.48. The second-order valence-electron chi connectivity index (χ2n) is 6.12. The minimum atomic E-state index is -0.489. The average molecular weight is 427 g/mol. The predicted octanol–water partition coefficient (Wildman–Crippen LogP) is 5.28. The first kappa shape index (κ1) is 20.6. The largest absolute Gasteiger partial charge is 0.422 e. The maximum absolute atomic E-state index is 12.4. The summed E-state index contributed by atoms with van der Waals surface area (Å²) in [5, 5.41) is 4.58. The van der Waals surface area contributed by atoms with Crippen LogP contribution in [-0.2, 0) is 0 Å². The van der Waals surface area contributed by atoms with Crippen LogP contribution in [0.15, 0.2) is 71.8 Å². The highest BCUT2D eigenvalue weighted by molar-refractivity contribution is 6.36. The Morgan fingerprint density at radius 1 is 1.00 bits per heavy atom. The van der Waals surface area contributed by atoms with Crippen molar-refractivity contribution in [2.24, 2.45) is 5.10 Å². The number of aryl methyl sites for hydroxylation is 1. The Labute approximate surface area is 177 Å². The monoisotopic (exact) mass is 426 g/mol. The number of hydrogen-bond donors (Lipinski definition) is 1. The molecule has 1 N–H and O–H groups in total. The number of benzene rings is 3. The summed E-state index contributed by atoms with van der Waals surface area (Å²) in [5.74, 6) is -0.648. The van der Waals surface area contributed by atoms with Crippen LogP contribution >= 0.6 is 23.2 Å². The fourth-order valence-corrected chi connectivity index (χ4v) is 3.00. The third kappa shape index (κ3) is 5.44. The van der Waals surface area contributed by atoms with Crippen molar-refractivity contribution in [3.63, 3.8) is 0 Å². The van der Waals surface area contributed by atoms with E-state index in [1.165, 1.54) is 18.3 Å². The zero-order valence-electron chi connectivity index (χ0n) is 15.4. The molecule has 0 fully saturated rings. The zero-order chi connectivity index (χ0) is 20.8. The summed E-state index contributed by atoms with van der Waals surface area (Å²) in [6.45, 7) is 1.90. The number of nitrogens with one attached hydrogen (secondary N) is 1. The molecule has 0 heterocycles. The number of carbonyl (C=O) groups is 2. The van der Waals surface area contributed by atoms with E-state index in [2.05, 4.69) is 10.5 Å². The van der Waals surface area contributed by atoms with E-state index in [9.17, 15) is 9.59 Å². The van der Waals surface area contributed by atoms with Crippen LogP contribution in [0.5, 0.6) is 5.75 Å². The highest BCUT2D eigenvalue weighted by Crippen LogP contribution is 2.21. The van der Waals surface area contributed by atoms with Crippen LogP contribution in [0.25, 0.3) is 0 Å². The topological polar surface area (TPSA) is 67.8 Å². The number of nitrogens with zero attached hydrogens (tertiary/aromatic N) is 1. The number of para-hydroxylation sites is 1. The van der Waals surface area contributed by atoms with Gasteiger partial charge in [-0.05, 0) is 49.4 Å². The smallest absolute Gasteiger partial charge is 0.343 e. The van der Waals surface area contributed by atoms with Crippen LogP contribution in [-0.4, -0.2) is 18.1 Å². The number of hydrogen-bond acceptors (Lipinski definition) is 4. The molecule has 0 aliphatic heterocycles. The number of carbonyl (C=O) groups excluding carboxylic acids is 2. The molecule has 0 bridgehead atoms. The summed E-state index contributed by atoms with van der Waals surface area (Å²) >= 11 is 11.8. The van der Waals surface area contributed by atoms with Gasteiger partial charge in [0.2, 0.25) is 0 Å². The van der Waals surface area contributed by atoms with Gasteiger partial charge in [0.05, 0.1) is 22.4 Å². The molecule has 0 aliphatic rings. The molecule has 0 unspecified atom stereocenters. The third-order valence-electron chi connectivity index (χ3n) is 3.92. The van der Waals surface area contributed by atoms with E-state index in [0.717, 1.165) is 5.56 Å². The molecule has 3 rings (SSSR count). The molecule has 0 atom stereocenters. The van der Waals surface area contributed by atoms with Crippen molar-refractivity contribution >= 4 is 41.3 Å². The minimum Gasteiger partial charge on any atom is -0.422 e. The molecule has 146 valence electrons. The van der Waals surface area contributed by atoms with E-state index in [-0.39, 0.29) is 10.6 Å². The van der Waals surface area contributed by atoms with Gasteiger partial charge in [-0.1, -0.05) is 53.0 Å². The Bertz CT molecular complexity index is 1100. The molecule has 0 spiro atoms. The number of esters is 1. The Morgan fingerprint density at radius 2 is 1.79 bits per heavy atom. The van der Waals surface area contributed by atoms with Gasteiger partial charge in [0.15, 0.2) is 0 Å². The lowest BCUT2D eigenvalue weighted by Gasteiger charge is -2.08. The molecule has 0 saturated carbocycles. The van der Waals surface area contributed by atoms with Crippen LogP contribution < -0.4 is 10.2 Å². The summed E-state index contributed by atoms with van der Waals surface area (Å²) in [5.41, 5.74) is 4.56. The van der Waals surface area contributed by atoms with Crippen LogP contribution in [0.2, 0.25) is 10.0 Å². The number of halogens is 2. The molecule has 0 aromatic heterocycles. The minimum absolute atomic E-state index is 0.220.